The molecule has 4 rings (SSSR count). The lowest BCUT2D eigenvalue weighted by Crippen LogP contribution is -2.02. The van der Waals surface area contributed by atoms with Crippen molar-refractivity contribution in [1.29, 1.82) is 0 Å². The van der Waals surface area contributed by atoms with Gasteiger partial charge < -0.3 is 10.3 Å². The first-order valence-electron chi connectivity index (χ1n) is 7.33. The first-order valence-corrected chi connectivity index (χ1v) is 7.33. The molecule has 2 aromatic heterocycles. The molecule has 0 saturated carbocycles. The van der Waals surface area contributed by atoms with Crippen LogP contribution in [0.1, 0.15) is 11.1 Å². The number of benzene rings is 2. The Morgan fingerprint density at radius 2 is 1.91 bits per heavy atom. The minimum atomic E-state index is 0.725. The van der Waals surface area contributed by atoms with Crippen molar-refractivity contribution in [3.8, 4) is 0 Å². The van der Waals surface area contributed by atoms with Crippen LogP contribution in [0.2, 0.25) is 0 Å². The number of H-pyrrole nitrogens is 1. The van der Waals surface area contributed by atoms with Crippen LogP contribution in [0.5, 0.6) is 0 Å². The number of hydrogen-bond donors (Lipinski definition) is 2. The Morgan fingerprint density at radius 1 is 1.05 bits per heavy atom. The Kier molecular flexibility index (Phi) is 3.00. The van der Waals surface area contributed by atoms with E-state index in [9.17, 15) is 0 Å². The second kappa shape index (κ2) is 5.15. The van der Waals surface area contributed by atoms with Crippen LogP contribution in [-0.2, 0) is 6.54 Å². The molecule has 4 aromatic rings. The zero-order valence-electron chi connectivity index (χ0n) is 12.3. The molecule has 2 heterocycles. The average Bonchev–Trinajstić information content (AvgIpc) is 2.92. The summed E-state index contributed by atoms with van der Waals surface area (Å²) in [5.74, 6) is 0.787. The number of nitrogens with one attached hydrogen (secondary N) is 2. The van der Waals surface area contributed by atoms with E-state index in [-0.39, 0.29) is 0 Å². The molecule has 0 spiro atoms. The van der Waals surface area contributed by atoms with Gasteiger partial charge in [0.15, 0.2) is 5.82 Å². The fourth-order valence-corrected chi connectivity index (χ4v) is 2.75. The number of anilines is 1. The monoisotopic (exact) mass is 288 g/mol. The van der Waals surface area contributed by atoms with Crippen molar-refractivity contribution in [2.75, 3.05) is 5.32 Å². The number of aromatic nitrogens is 3. The van der Waals surface area contributed by atoms with Crippen molar-refractivity contribution < 1.29 is 0 Å². The predicted octanol–water partition coefficient (Wildman–Crippen LogP) is 4.03. The number of hydrogen-bond acceptors (Lipinski definition) is 3. The van der Waals surface area contributed by atoms with Crippen molar-refractivity contribution in [2.45, 2.75) is 13.5 Å². The molecule has 0 fully saturated rings. The fraction of sp³-hybridized carbons (Fsp3) is 0.111. The quantitative estimate of drug-likeness (QED) is 0.598. The lowest BCUT2D eigenvalue weighted by atomic mass is 10.1. The van der Waals surface area contributed by atoms with E-state index in [0.717, 1.165) is 28.8 Å². The Labute approximate surface area is 128 Å². The highest BCUT2D eigenvalue weighted by atomic mass is 15.2. The van der Waals surface area contributed by atoms with Crippen LogP contribution >= 0.6 is 0 Å². The zero-order chi connectivity index (χ0) is 14.9. The third-order valence-corrected chi connectivity index (χ3v) is 3.88. The number of fused-ring (bicyclic) bond motifs is 3. The van der Waals surface area contributed by atoms with E-state index in [0.29, 0.717) is 0 Å². The molecule has 0 saturated heterocycles. The molecular weight excluding hydrogens is 272 g/mol. The van der Waals surface area contributed by atoms with Crippen LogP contribution in [-0.4, -0.2) is 15.2 Å². The smallest absolute Gasteiger partial charge is 0.173 e. The SMILES string of the molecule is Cc1ccc2[nH]c3c(NCc4ccccc4)nncc3c2c1. The topological polar surface area (TPSA) is 53.6 Å². The summed E-state index contributed by atoms with van der Waals surface area (Å²) in [6.45, 7) is 2.82. The fourth-order valence-electron chi connectivity index (χ4n) is 2.75. The summed E-state index contributed by atoms with van der Waals surface area (Å²) >= 11 is 0. The van der Waals surface area contributed by atoms with Crippen LogP contribution in [0.15, 0.2) is 54.7 Å². The van der Waals surface area contributed by atoms with E-state index in [2.05, 4.69) is 57.8 Å². The summed E-state index contributed by atoms with van der Waals surface area (Å²) in [5.41, 5.74) is 4.57. The predicted molar refractivity (Wildman–Crippen MR) is 89.9 cm³/mol. The van der Waals surface area contributed by atoms with Crippen LogP contribution in [0.3, 0.4) is 0 Å². The van der Waals surface area contributed by atoms with Crippen molar-refractivity contribution >= 4 is 27.6 Å². The molecular formula is C18H16N4. The molecule has 0 radical (unpaired) electrons. The Bertz CT molecular complexity index is 941. The Hall–Kier alpha value is -2.88. The zero-order valence-corrected chi connectivity index (χ0v) is 12.3. The van der Waals surface area contributed by atoms with Crippen molar-refractivity contribution in [3.05, 3.63) is 65.9 Å². The summed E-state index contributed by atoms with van der Waals surface area (Å²) in [5, 5.41) is 14.1. The summed E-state index contributed by atoms with van der Waals surface area (Å²) in [6, 6.07) is 16.7. The molecule has 0 aliphatic rings. The van der Waals surface area contributed by atoms with E-state index in [4.69, 9.17) is 0 Å². The molecule has 2 N–H and O–H groups in total. The van der Waals surface area contributed by atoms with Crippen LogP contribution < -0.4 is 5.32 Å². The maximum atomic E-state index is 4.25. The largest absolute Gasteiger partial charge is 0.363 e. The van der Waals surface area contributed by atoms with Gasteiger partial charge in [-0.2, -0.15) is 5.10 Å². The molecule has 108 valence electrons. The summed E-state index contributed by atoms with van der Waals surface area (Å²) in [4.78, 5) is 3.45. The molecule has 0 bridgehead atoms. The van der Waals surface area contributed by atoms with E-state index < -0.39 is 0 Å². The van der Waals surface area contributed by atoms with Gasteiger partial charge in [0.05, 0.1) is 11.7 Å². The van der Waals surface area contributed by atoms with Gasteiger partial charge in [-0.3, -0.25) is 0 Å². The van der Waals surface area contributed by atoms with Gasteiger partial charge in [0.1, 0.15) is 0 Å². The first kappa shape index (κ1) is 12.8. The molecule has 0 aliphatic heterocycles. The highest BCUT2D eigenvalue weighted by Crippen LogP contribution is 2.28. The molecule has 4 nitrogen and oxygen atoms in total. The highest BCUT2D eigenvalue weighted by Gasteiger charge is 2.10. The summed E-state index contributed by atoms with van der Waals surface area (Å²) < 4.78 is 0. The standard InChI is InChI=1S/C18H16N4/c1-12-7-8-16-14(9-12)15-11-20-22-18(17(15)21-16)19-10-13-5-3-2-4-6-13/h2-9,11,21H,10H2,1H3,(H,19,22). The summed E-state index contributed by atoms with van der Waals surface area (Å²) in [6.07, 6.45) is 1.82. The second-order valence-electron chi connectivity index (χ2n) is 5.50. The van der Waals surface area contributed by atoms with Gasteiger partial charge in [0.2, 0.25) is 0 Å². The van der Waals surface area contributed by atoms with E-state index >= 15 is 0 Å². The molecule has 0 unspecified atom stereocenters. The van der Waals surface area contributed by atoms with Crippen molar-refractivity contribution in [1.82, 2.24) is 15.2 Å². The summed E-state index contributed by atoms with van der Waals surface area (Å²) in [7, 11) is 0. The number of aryl methyl sites for hydroxylation is 1. The van der Waals surface area contributed by atoms with Gasteiger partial charge in [-0.25, -0.2) is 0 Å². The lowest BCUT2D eigenvalue weighted by molar-refractivity contribution is 1.01. The molecule has 2 aromatic carbocycles. The normalized spacial score (nSPS) is 11.1. The van der Waals surface area contributed by atoms with Gasteiger partial charge in [0.25, 0.3) is 0 Å². The van der Waals surface area contributed by atoms with Crippen LogP contribution in [0, 0.1) is 6.92 Å². The van der Waals surface area contributed by atoms with Crippen LogP contribution in [0.4, 0.5) is 5.82 Å². The minimum absolute atomic E-state index is 0.725. The maximum absolute atomic E-state index is 4.25. The third kappa shape index (κ3) is 2.19. The van der Waals surface area contributed by atoms with Crippen LogP contribution in [0.25, 0.3) is 21.8 Å². The van der Waals surface area contributed by atoms with Gasteiger partial charge >= 0.3 is 0 Å². The highest BCUT2D eigenvalue weighted by molar-refractivity contribution is 6.10. The van der Waals surface area contributed by atoms with Crippen molar-refractivity contribution in [2.24, 2.45) is 0 Å². The third-order valence-electron chi connectivity index (χ3n) is 3.88. The molecule has 0 amide bonds. The van der Waals surface area contributed by atoms with E-state index in [1.807, 2.05) is 24.4 Å². The molecule has 22 heavy (non-hydrogen) atoms. The van der Waals surface area contributed by atoms with Gasteiger partial charge in [-0.1, -0.05) is 42.0 Å². The van der Waals surface area contributed by atoms with E-state index in [1.165, 1.54) is 16.5 Å². The average molecular weight is 288 g/mol. The maximum Gasteiger partial charge on any atom is 0.173 e. The first-order chi connectivity index (χ1) is 10.8. The van der Waals surface area contributed by atoms with Crippen molar-refractivity contribution in [3.63, 3.8) is 0 Å². The number of aromatic amines is 1. The van der Waals surface area contributed by atoms with Gasteiger partial charge in [-0.15, -0.1) is 5.10 Å². The van der Waals surface area contributed by atoms with Gasteiger partial charge in [-0.05, 0) is 24.6 Å². The van der Waals surface area contributed by atoms with Gasteiger partial charge in [0, 0.05) is 22.8 Å². The molecule has 0 atom stereocenters. The lowest BCUT2D eigenvalue weighted by Gasteiger charge is -2.05. The number of nitrogens with zero attached hydrogens (tertiary/aromatic N) is 2. The second-order valence-corrected chi connectivity index (χ2v) is 5.50. The molecule has 0 aliphatic carbocycles. The molecule has 4 heteroatoms. The number of rotatable bonds is 3. The van der Waals surface area contributed by atoms with E-state index in [1.54, 1.807) is 0 Å². The Morgan fingerprint density at radius 3 is 2.77 bits per heavy atom. The minimum Gasteiger partial charge on any atom is -0.363 e. The Balaban J connectivity index is 1.76.